The fourth-order valence-electron chi connectivity index (χ4n) is 4.02. The number of nitrogens with one attached hydrogen (secondary N) is 2. The number of piperidine rings is 1. The van der Waals surface area contributed by atoms with E-state index < -0.39 is 11.9 Å². The first-order chi connectivity index (χ1) is 14.9. The zero-order valence-electron chi connectivity index (χ0n) is 16.8. The van der Waals surface area contributed by atoms with Crippen molar-refractivity contribution in [1.29, 1.82) is 0 Å². The first-order valence-corrected chi connectivity index (χ1v) is 10.2. The van der Waals surface area contributed by atoms with Gasteiger partial charge in [-0.25, -0.2) is 4.39 Å². The standard InChI is InChI=1S/C23H22FN3O4/c24-15-9-7-14(8-10-15)3-1-6-20(28)25-18-5-2-4-16-17(18)13-27(23(16)31)19-11-12-21(29)26-22(19)30/h2,4-5,7-10,19H,1,3,6,11-13H2,(H,25,28)(H,26,29,30). The van der Waals surface area contributed by atoms with E-state index in [9.17, 15) is 23.6 Å². The van der Waals surface area contributed by atoms with Crippen LogP contribution in [0.15, 0.2) is 42.5 Å². The van der Waals surface area contributed by atoms with Gasteiger partial charge in [0.1, 0.15) is 11.9 Å². The molecule has 2 aromatic carbocycles. The van der Waals surface area contributed by atoms with Gasteiger partial charge in [-0.05, 0) is 49.1 Å². The van der Waals surface area contributed by atoms with Crippen LogP contribution in [0.2, 0.25) is 0 Å². The Kier molecular flexibility index (Phi) is 5.79. The summed E-state index contributed by atoms with van der Waals surface area (Å²) in [6, 6.07) is 10.6. The molecule has 1 fully saturated rings. The molecule has 0 aromatic heterocycles. The molecule has 0 spiro atoms. The molecule has 0 saturated carbocycles. The molecule has 1 saturated heterocycles. The summed E-state index contributed by atoms with van der Waals surface area (Å²) in [6.07, 6.45) is 2.02. The van der Waals surface area contributed by atoms with Crippen LogP contribution >= 0.6 is 0 Å². The quantitative estimate of drug-likeness (QED) is 0.698. The van der Waals surface area contributed by atoms with E-state index in [0.717, 1.165) is 5.56 Å². The van der Waals surface area contributed by atoms with Gasteiger partial charge < -0.3 is 10.2 Å². The number of halogens is 1. The van der Waals surface area contributed by atoms with Crippen molar-refractivity contribution in [1.82, 2.24) is 10.2 Å². The Morgan fingerprint density at radius 1 is 1.13 bits per heavy atom. The number of benzene rings is 2. The Labute approximate surface area is 178 Å². The van der Waals surface area contributed by atoms with Gasteiger partial charge in [0.05, 0.1) is 0 Å². The molecule has 7 nitrogen and oxygen atoms in total. The number of imide groups is 1. The summed E-state index contributed by atoms with van der Waals surface area (Å²) in [5.41, 5.74) is 2.63. The van der Waals surface area contributed by atoms with Crippen LogP contribution in [0.25, 0.3) is 0 Å². The molecule has 4 rings (SSSR count). The number of rotatable bonds is 6. The van der Waals surface area contributed by atoms with Crippen LogP contribution in [0.4, 0.5) is 10.1 Å². The van der Waals surface area contributed by atoms with Crippen molar-refractivity contribution in [3.05, 3.63) is 65.0 Å². The van der Waals surface area contributed by atoms with Crippen molar-refractivity contribution in [2.45, 2.75) is 44.7 Å². The average molecular weight is 423 g/mol. The van der Waals surface area contributed by atoms with Gasteiger partial charge in [0.25, 0.3) is 5.91 Å². The monoisotopic (exact) mass is 423 g/mol. The third kappa shape index (κ3) is 4.47. The van der Waals surface area contributed by atoms with Crippen molar-refractivity contribution in [2.24, 2.45) is 0 Å². The molecule has 2 aromatic rings. The zero-order chi connectivity index (χ0) is 22.0. The Morgan fingerprint density at radius 3 is 2.65 bits per heavy atom. The highest BCUT2D eigenvalue weighted by molar-refractivity contribution is 6.06. The Morgan fingerprint density at radius 2 is 1.90 bits per heavy atom. The van der Waals surface area contributed by atoms with Gasteiger partial charge in [-0.1, -0.05) is 18.2 Å². The predicted octanol–water partition coefficient (Wildman–Crippen LogP) is 2.55. The molecule has 0 radical (unpaired) electrons. The minimum atomic E-state index is -0.697. The van der Waals surface area contributed by atoms with E-state index in [2.05, 4.69) is 10.6 Å². The van der Waals surface area contributed by atoms with Crippen molar-refractivity contribution >= 4 is 29.3 Å². The van der Waals surface area contributed by atoms with E-state index in [1.54, 1.807) is 30.3 Å². The van der Waals surface area contributed by atoms with Crippen LogP contribution in [0.3, 0.4) is 0 Å². The topological polar surface area (TPSA) is 95.6 Å². The molecule has 0 aliphatic carbocycles. The number of anilines is 1. The fraction of sp³-hybridized carbons (Fsp3) is 0.304. The van der Waals surface area contributed by atoms with Gasteiger partial charge >= 0.3 is 0 Å². The van der Waals surface area contributed by atoms with E-state index in [-0.39, 0.29) is 49.3 Å². The zero-order valence-corrected chi connectivity index (χ0v) is 16.8. The summed E-state index contributed by atoms with van der Waals surface area (Å²) in [4.78, 5) is 50.3. The Hall–Kier alpha value is -3.55. The Bertz CT molecular complexity index is 1050. The molecule has 2 aliphatic rings. The SMILES string of the molecule is O=C1CCC(N2Cc3c(NC(=O)CCCc4ccc(F)cc4)cccc3C2=O)C(=O)N1. The maximum absolute atomic E-state index is 13.0. The van der Waals surface area contributed by atoms with E-state index in [0.29, 0.717) is 29.7 Å². The van der Waals surface area contributed by atoms with Crippen molar-refractivity contribution in [3.63, 3.8) is 0 Å². The number of carbonyl (C=O) groups excluding carboxylic acids is 4. The first-order valence-electron chi connectivity index (χ1n) is 10.2. The number of nitrogens with zero attached hydrogens (tertiary/aromatic N) is 1. The molecular formula is C23H22FN3O4. The van der Waals surface area contributed by atoms with Gasteiger partial charge in [-0.15, -0.1) is 0 Å². The van der Waals surface area contributed by atoms with Gasteiger partial charge in [0, 0.05) is 36.2 Å². The lowest BCUT2D eigenvalue weighted by molar-refractivity contribution is -0.137. The number of aryl methyl sites for hydroxylation is 1. The predicted molar refractivity (Wildman–Crippen MR) is 110 cm³/mol. The maximum atomic E-state index is 13.0. The number of carbonyl (C=O) groups is 4. The highest BCUT2D eigenvalue weighted by Gasteiger charge is 2.39. The minimum absolute atomic E-state index is 0.178. The molecule has 31 heavy (non-hydrogen) atoms. The van der Waals surface area contributed by atoms with Gasteiger partial charge in [0.2, 0.25) is 17.7 Å². The van der Waals surface area contributed by atoms with E-state index in [1.807, 2.05) is 0 Å². The number of hydrogen-bond donors (Lipinski definition) is 2. The van der Waals surface area contributed by atoms with Crippen LogP contribution in [0.1, 0.15) is 47.2 Å². The van der Waals surface area contributed by atoms with Crippen LogP contribution < -0.4 is 10.6 Å². The van der Waals surface area contributed by atoms with E-state index in [1.165, 1.54) is 17.0 Å². The molecule has 1 unspecified atom stereocenters. The molecule has 2 heterocycles. The maximum Gasteiger partial charge on any atom is 0.255 e. The van der Waals surface area contributed by atoms with Crippen LogP contribution in [-0.4, -0.2) is 34.6 Å². The fourth-order valence-corrected chi connectivity index (χ4v) is 4.02. The number of fused-ring (bicyclic) bond motifs is 1. The second kappa shape index (κ2) is 8.67. The lowest BCUT2D eigenvalue weighted by Crippen LogP contribution is -2.52. The summed E-state index contributed by atoms with van der Waals surface area (Å²) < 4.78 is 13.0. The first kappa shape index (κ1) is 20.7. The summed E-state index contributed by atoms with van der Waals surface area (Å²) >= 11 is 0. The van der Waals surface area contributed by atoms with Crippen LogP contribution in [0.5, 0.6) is 0 Å². The van der Waals surface area contributed by atoms with E-state index in [4.69, 9.17) is 0 Å². The molecule has 8 heteroatoms. The van der Waals surface area contributed by atoms with Gasteiger partial charge in [-0.3, -0.25) is 24.5 Å². The lowest BCUT2D eigenvalue weighted by atomic mass is 10.0. The van der Waals surface area contributed by atoms with Crippen molar-refractivity contribution < 1.29 is 23.6 Å². The van der Waals surface area contributed by atoms with Crippen molar-refractivity contribution in [2.75, 3.05) is 5.32 Å². The lowest BCUT2D eigenvalue weighted by Gasteiger charge is -2.29. The van der Waals surface area contributed by atoms with Crippen LogP contribution in [-0.2, 0) is 27.3 Å². The summed E-state index contributed by atoms with van der Waals surface area (Å²) in [5, 5.41) is 5.15. The highest BCUT2D eigenvalue weighted by atomic mass is 19.1. The number of amides is 4. The van der Waals surface area contributed by atoms with E-state index >= 15 is 0 Å². The second-order valence-corrected chi connectivity index (χ2v) is 7.76. The molecule has 1 atom stereocenters. The summed E-state index contributed by atoms with van der Waals surface area (Å²) in [6.45, 7) is 0.201. The smallest absolute Gasteiger partial charge is 0.255 e. The molecule has 4 amide bonds. The average Bonchev–Trinajstić information content (AvgIpc) is 3.07. The van der Waals surface area contributed by atoms with Crippen LogP contribution in [0, 0.1) is 5.82 Å². The van der Waals surface area contributed by atoms with Crippen molar-refractivity contribution in [3.8, 4) is 0 Å². The minimum Gasteiger partial charge on any atom is -0.326 e. The molecule has 2 aliphatic heterocycles. The van der Waals surface area contributed by atoms with Gasteiger partial charge in [0.15, 0.2) is 0 Å². The largest absolute Gasteiger partial charge is 0.326 e. The third-order valence-electron chi connectivity index (χ3n) is 5.64. The highest BCUT2D eigenvalue weighted by Crippen LogP contribution is 2.32. The normalized spacial score (nSPS) is 18.0. The third-order valence-corrected chi connectivity index (χ3v) is 5.64. The summed E-state index contributed by atoms with van der Waals surface area (Å²) in [7, 11) is 0. The molecular weight excluding hydrogens is 401 g/mol. The van der Waals surface area contributed by atoms with Gasteiger partial charge in [-0.2, -0.15) is 0 Å². The molecule has 160 valence electrons. The second-order valence-electron chi connectivity index (χ2n) is 7.76. The number of hydrogen-bond acceptors (Lipinski definition) is 4. The summed E-state index contributed by atoms with van der Waals surface area (Å²) in [5.74, 6) is -1.55. The Balaban J connectivity index is 1.39. The molecule has 0 bridgehead atoms. The molecule has 2 N–H and O–H groups in total.